The van der Waals surface area contributed by atoms with Crippen molar-refractivity contribution in [1.29, 1.82) is 0 Å². The largest absolute Gasteiger partial charge is 0.472 e. The van der Waals surface area contributed by atoms with Gasteiger partial charge in [-0.1, -0.05) is 6.92 Å². The van der Waals surface area contributed by atoms with Gasteiger partial charge in [0.05, 0.1) is 19.3 Å². The number of carbonyl (C=O) groups excluding carboxylic acids is 1. The minimum Gasteiger partial charge on any atom is -0.472 e. The SMILES string of the molecule is CCCOc1nc2cc(F)c(O[C@H]3CC[C@H](OC[C@H](C)NC(C)=O)CC3)nc2n1C. The molecule has 1 amide bonds. The Bertz CT molecular complexity index is 864. The van der Waals surface area contributed by atoms with Crippen molar-refractivity contribution < 1.29 is 23.4 Å². The van der Waals surface area contributed by atoms with Gasteiger partial charge in [-0.3, -0.25) is 9.36 Å². The van der Waals surface area contributed by atoms with E-state index >= 15 is 0 Å². The third-order valence-corrected chi connectivity index (χ3v) is 5.09. The lowest BCUT2D eigenvalue weighted by atomic mass is 9.95. The van der Waals surface area contributed by atoms with Crippen LogP contribution in [0.2, 0.25) is 0 Å². The molecule has 30 heavy (non-hydrogen) atoms. The number of rotatable bonds is 9. The first-order chi connectivity index (χ1) is 14.4. The fourth-order valence-corrected chi connectivity index (χ4v) is 3.60. The van der Waals surface area contributed by atoms with Gasteiger partial charge >= 0.3 is 0 Å². The van der Waals surface area contributed by atoms with E-state index in [0.29, 0.717) is 30.4 Å². The minimum absolute atomic E-state index is 0.00353. The summed E-state index contributed by atoms with van der Waals surface area (Å²) in [7, 11) is 1.79. The summed E-state index contributed by atoms with van der Waals surface area (Å²) in [6, 6.07) is 1.74. The second-order valence-electron chi connectivity index (χ2n) is 7.87. The highest BCUT2D eigenvalue weighted by Gasteiger charge is 2.25. The molecule has 1 fully saturated rings. The maximum absolute atomic E-state index is 14.5. The molecule has 2 aromatic rings. The summed E-state index contributed by atoms with van der Waals surface area (Å²) in [5.41, 5.74) is 0.973. The average molecular weight is 423 g/mol. The van der Waals surface area contributed by atoms with Crippen LogP contribution in [0.4, 0.5) is 4.39 Å². The molecule has 1 atom stereocenters. The lowest BCUT2D eigenvalue weighted by Crippen LogP contribution is -2.37. The van der Waals surface area contributed by atoms with Gasteiger partial charge in [-0.2, -0.15) is 9.97 Å². The molecule has 0 aliphatic heterocycles. The summed E-state index contributed by atoms with van der Waals surface area (Å²) in [6.45, 7) is 6.44. The van der Waals surface area contributed by atoms with Crippen molar-refractivity contribution in [2.75, 3.05) is 13.2 Å². The molecule has 0 spiro atoms. The van der Waals surface area contributed by atoms with Gasteiger partial charge in [0.25, 0.3) is 11.9 Å². The summed E-state index contributed by atoms with van der Waals surface area (Å²) >= 11 is 0. The molecular weight excluding hydrogens is 391 g/mol. The summed E-state index contributed by atoms with van der Waals surface area (Å²) < 4.78 is 33.6. The molecule has 2 heterocycles. The molecule has 2 aromatic heterocycles. The Morgan fingerprint density at radius 1 is 1.30 bits per heavy atom. The third-order valence-electron chi connectivity index (χ3n) is 5.09. The first kappa shape index (κ1) is 22.3. The topological polar surface area (TPSA) is 87.5 Å². The molecule has 166 valence electrons. The molecule has 8 nitrogen and oxygen atoms in total. The van der Waals surface area contributed by atoms with Crippen LogP contribution in [0, 0.1) is 5.82 Å². The van der Waals surface area contributed by atoms with Gasteiger partial charge in [-0.05, 0) is 39.0 Å². The van der Waals surface area contributed by atoms with Crippen LogP contribution in [0.5, 0.6) is 11.9 Å². The number of hydrogen-bond donors (Lipinski definition) is 1. The van der Waals surface area contributed by atoms with Crippen LogP contribution in [-0.2, 0) is 16.6 Å². The lowest BCUT2D eigenvalue weighted by molar-refractivity contribution is -0.120. The number of carbonyl (C=O) groups is 1. The third kappa shape index (κ3) is 5.59. The molecule has 9 heteroatoms. The second kappa shape index (κ2) is 10.1. The number of pyridine rings is 1. The fraction of sp³-hybridized carbons (Fsp3) is 0.667. The summed E-state index contributed by atoms with van der Waals surface area (Å²) in [4.78, 5) is 19.7. The number of nitrogens with zero attached hydrogens (tertiary/aromatic N) is 3. The molecule has 0 aromatic carbocycles. The summed E-state index contributed by atoms with van der Waals surface area (Å²) in [5.74, 6) is -0.589. The highest BCUT2D eigenvalue weighted by Crippen LogP contribution is 2.28. The standard InChI is InChI=1S/C21H31FN4O4/c1-5-10-28-21-24-18-11-17(22)20(25-19(18)26(21)4)30-16-8-6-15(7-9-16)29-12-13(2)23-14(3)27/h11,13,15-16H,5-10,12H2,1-4H3,(H,23,27)/t13-,15-,16-/m0/s1. The van der Waals surface area contributed by atoms with Crippen LogP contribution in [0.1, 0.15) is 52.9 Å². The van der Waals surface area contributed by atoms with Crippen LogP contribution in [0.15, 0.2) is 6.07 Å². The van der Waals surface area contributed by atoms with Crippen LogP contribution < -0.4 is 14.8 Å². The monoisotopic (exact) mass is 422 g/mol. The average Bonchev–Trinajstić information content (AvgIpc) is 3.00. The van der Waals surface area contributed by atoms with Crippen molar-refractivity contribution in [1.82, 2.24) is 19.9 Å². The van der Waals surface area contributed by atoms with Gasteiger partial charge < -0.3 is 19.5 Å². The first-order valence-corrected chi connectivity index (χ1v) is 10.6. The Balaban J connectivity index is 1.56. The number of aryl methyl sites for hydroxylation is 1. The van der Waals surface area contributed by atoms with Crippen LogP contribution >= 0.6 is 0 Å². The Morgan fingerprint density at radius 2 is 2.00 bits per heavy atom. The Morgan fingerprint density at radius 3 is 2.67 bits per heavy atom. The predicted molar refractivity (Wildman–Crippen MR) is 110 cm³/mol. The molecule has 1 aliphatic rings. The zero-order valence-electron chi connectivity index (χ0n) is 18.1. The molecule has 1 N–H and O–H groups in total. The minimum atomic E-state index is -0.523. The van der Waals surface area contributed by atoms with Crippen LogP contribution in [-0.4, -0.2) is 51.9 Å². The maximum Gasteiger partial charge on any atom is 0.298 e. The zero-order valence-corrected chi connectivity index (χ0v) is 18.1. The van der Waals surface area contributed by atoms with E-state index < -0.39 is 5.82 Å². The summed E-state index contributed by atoms with van der Waals surface area (Å²) in [5, 5.41) is 2.81. The van der Waals surface area contributed by atoms with E-state index in [2.05, 4.69) is 15.3 Å². The number of imidazole rings is 1. The van der Waals surface area contributed by atoms with E-state index in [0.717, 1.165) is 32.1 Å². The van der Waals surface area contributed by atoms with Gasteiger partial charge in [0.1, 0.15) is 11.6 Å². The molecule has 0 radical (unpaired) electrons. The molecule has 0 unspecified atom stereocenters. The van der Waals surface area contributed by atoms with Crippen molar-refractivity contribution in [2.45, 2.75) is 71.1 Å². The molecule has 1 aliphatic carbocycles. The number of halogens is 1. The second-order valence-corrected chi connectivity index (χ2v) is 7.87. The van der Waals surface area contributed by atoms with E-state index in [9.17, 15) is 9.18 Å². The van der Waals surface area contributed by atoms with E-state index in [-0.39, 0.29) is 30.0 Å². The first-order valence-electron chi connectivity index (χ1n) is 10.6. The predicted octanol–water partition coefficient (Wildman–Crippen LogP) is 3.13. The van der Waals surface area contributed by atoms with Crippen molar-refractivity contribution in [3.8, 4) is 11.9 Å². The van der Waals surface area contributed by atoms with E-state index in [1.165, 1.54) is 13.0 Å². The highest BCUT2D eigenvalue weighted by atomic mass is 19.1. The van der Waals surface area contributed by atoms with E-state index in [1.807, 2.05) is 13.8 Å². The van der Waals surface area contributed by atoms with Gasteiger partial charge in [0.2, 0.25) is 5.91 Å². The van der Waals surface area contributed by atoms with Crippen molar-refractivity contribution in [3.63, 3.8) is 0 Å². The Kier molecular flexibility index (Phi) is 7.47. The number of ether oxygens (including phenoxy) is 3. The Hall–Kier alpha value is -2.42. The van der Waals surface area contributed by atoms with Crippen LogP contribution in [0.3, 0.4) is 0 Å². The normalized spacial score (nSPS) is 20.2. The smallest absolute Gasteiger partial charge is 0.298 e. The van der Waals surface area contributed by atoms with E-state index in [1.54, 1.807) is 11.6 Å². The summed E-state index contributed by atoms with van der Waals surface area (Å²) in [6.07, 6.45) is 4.03. The quantitative estimate of drug-likeness (QED) is 0.668. The van der Waals surface area contributed by atoms with Crippen molar-refractivity contribution in [3.05, 3.63) is 11.9 Å². The van der Waals surface area contributed by atoms with Crippen LogP contribution in [0.25, 0.3) is 11.2 Å². The van der Waals surface area contributed by atoms with Gasteiger partial charge in [0.15, 0.2) is 11.5 Å². The van der Waals surface area contributed by atoms with Crippen molar-refractivity contribution >= 4 is 17.1 Å². The molecule has 0 bridgehead atoms. The number of aromatic nitrogens is 3. The lowest BCUT2D eigenvalue weighted by Gasteiger charge is -2.29. The fourth-order valence-electron chi connectivity index (χ4n) is 3.60. The molecule has 1 saturated carbocycles. The molecule has 3 rings (SSSR count). The highest BCUT2D eigenvalue weighted by molar-refractivity contribution is 5.73. The molecular formula is C21H31FN4O4. The number of nitrogens with one attached hydrogen (secondary N) is 1. The maximum atomic E-state index is 14.5. The molecule has 0 saturated heterocycles. The van der Waals surface area contributed by atoms with Gasteiger partial charge in [-0.15, -0.1) is 0 Å². The number of fused-ring (bicyclic) bond motifs is 1. The van der Waals surface area contributed by atoms with Gasteiger partial charge in [0, 0.05) is 26.1 Å². The van der Waals surface area contributed by atoms with Crippen molar-refractivity contribution in [2.24, 2.45) is 7.05 Å². The van der Waals surface area contributed by atoms with E-state index in [4.69, 9.17) is 14.2 Å². The number of hydrogen-bond acceptors (Lipinski definition) is 6. The Labute approximate surface area is 176 Å². The number of amides is 1. The van der Waals surface area contributed by atoms with Gasteiger partial charge in [-0.25, -0.2) is 4.39 Å². The zero-order chi connectivity index (χ0) is 21.7.